The summed E-state index contributed by atoms with van der Waals surface area (Å²) in [6.45, 7) is 22.8. The Hall–Kier alpha value is 0.423. The van der Waals surface area contributed by atoms with Crippen molar-refractivity contribution in [1.29, 1.82) is 0 Å². The predicted octanol–water partition coefficient (Wildman–Crippen LogP) is 13.7. The summed E-state index contributed by atoms with van der Waals surface area (Å²) in [4.78, 5) is 0. The van der Waals surface area contributed by atoms with Crippen LogP contribution in [0.25, 0.3) is 0 Å². The van der Waals surface area contributed by atoms with Crippen LogP contribution in [0.2, 0.25) is 0 Å². The topological polar surface area (TPSA) is 0 Å². The molecular formula is C44H68Cl2Zr. The van der Waals surface area contributed by atoms with Crippen LogP contribution in [0.3, 0.4) is 0 Å². The molecule has 8 atom stereocenters. The van der Waals surface area contributed by atoms with Gasteiger partial charge in [0.05, 0.1) is 0 Å². The van der Waals surface area contributed by atoms with Gasteiger partial charge in [0.2, 0.25) is 0 Å². The van der Waals surface area contributed by atoms with Gasteiger partial charge in [0.25, 0.3) is 0 Å². The second-order valence-electron chi connectivity index (χ2n) is 20.7. The van der Waals surface area contributed by atoms with Crippen LogP contribution >= 0.6 is 17.0 Å². The Bertz CT molecular complexity index is 1200. The Morgan fingerprint density at radius 2 is 1.04 bits per heavy atom. The molecule has 0 aliphatic heterocycles. The third kappa shape index (κ3) is 6.42. The third-order valence-electron chi connectivity index (χ3n) is 15.6. The molecule has 0 radical (unpaired) electrons. The first-order chi connectivity index (χ1) is 21.0. The average Bonchev–Trinajstić information content (AvgIpc) is 3.58. The molecule has 9 aliphatic carbocycles. The second-order valence-corrected chi connectivity index (χ2v) is 24.4. The molecule has 0 nitrogen and oxygen atoms in total. The van der Waals surface area contributed by atoms with Crippen LogP contribution < -0.4 is 0 Å². The summed E-state index contributed by atoms with van der Waals surface area (Å²) >= 11 is -0.826. The molecule has 0 aromatic carbocycles. The molecule has 47 heavy (non-hydrogen) atoms. The molecule has 262 valence electrons. The zero-order valence-electron chi connectivity index (χ0n) is 31.9. The van der Waals surface area contributed by atoms with E-state index in [0.717, 1.165) is 46.8 Å². The molecule has 4 bridgehead atoms. The van der Waals surface area contributed by atoms with E-state index in [-0.39, 0.29) is 25.7 Å². The number of fused-ring (bicyclic) bond motifs is 4. The van der Waals surface area contributed by atoms with Crippen molar-refractivity contribution in [2.45, 2.75) is 120 Å². The Balaban J connectivity index is 0.000000837. The minimum atomic E-state index is -0.826. The van der Waals surface area contributed by atoms with Crippen molar-refractivity contribution >= 4 is 17.0 Å². The van der Waals surface area contributed by atoms with Crippen molar-refractivity contribution in [3.63, 3.8) is 0 Å². The van der Waals surface area contributed by atoms with Gasteiger partial charge in [-0.3, -0.25) is 0 Å². The Morgan fingerprint density at radius 1 is 0.638 bits per heavy atom. The maximum absolute atomic E-state index is 4.93. The minimum absolute atomic E-state index is 0. The van der Waals surface area contributed by atoms with Gasteiger partial charge in [-0.15, -0.1) is 0 Å². The molecule has 7 saturated carbocycles. The third-order valence-corrected chi connectivity index (χ3v) is 15.6. The van der Waals surface area contributed by atoms with Gasteiger partial charge < -0.3 is 14.9 Å². The van der Waals surface area contributed by atoms with E-state index in [9.17, 15) is 0 Å². The molecule has 9 rings (SSSR count). The van der Waals surface area contributed by atoms with Gasteiger partial charge in [0, 0.05) is 0 Å². The van der Waals surface area contributed by atoms with E-state index >= 15 is 0 Å². The molecule has 3 heteroatoms. The van der Waals surface area contributed by atoms with E-state index in [0.29, 0.717) is 34.5 Å². The molecule has 8 unspecified atom stereocenters. The fourth-order valence-electron chi connectivity index (χ4n) is 14.4. The van der Waals surface area contributed by atoms with E-state index < -0.39 is 20.8 Å². The zero-order valence-corrected chi connectivity index (χ0v) is 35.9. The molecular weight excluding hydrogens is 691 g/mol. The quantitative estimate of drug-likeness (QED) is 0.246. The van der Waals surface area contributed by atoms with Crippen molar-refractivity contribution in [1.82, 2.24) is 0 Å². The van der Waals surface area contributed by atoms with Gasteiger partial charge in [0.15, 0.2) is 0 Å². The van der Waals surface area contributed by atoms with Crippen LogP contribution in [-0.4, -0.2) is 0 Å². The zero-order chi connectivity index (χ0) is 32.3. The van der Waals surface area contributed by atoms with Crippen LogP contribution in [0.4, 0.5) is 0 Å². The first-order valence-corrected chi connectivity index (χ1v) is 25.1. The molecule has 0 heterocycles. The van der Waals surface area contributed by atoms with Crippen molar-refractivity contribution in [2.24, 2.45) is 92.2 Å². The number of halogens is 2. The van der Waals surface area contributed by atoms with Crippen LogP contribution in [0.5, 0.6) is 0 Å². The predicted molar refractivity (Wildman–Crippen MR) is 202 cm³/mol. The normalized spacial score (nSPS) is 46.5. The molecule has 0 spiro atoms. The first kappa shape index (κ1) is 38.6. The summed E-state index contributed by atoms with van der Waals surface area (Å²) in [5.74, 6) is 9.52. The number of hydrogen-bond donors (Lipinski definition) is 0. The summed E-state index contributed by atoms with van der Waals surface area (Å²) in [6, 6.07) is 0. The first-order valence-electron chi connectivity index (χ1n) is 18.8. The van der Waals surface area contributed by atoms with Gasteiger partial charge >= 0.3 is 37.9 Å². The van der Waals surface area contributed by atoms with E-state index in [2.05, 4.69) is 98.8 Å². The van der Waals surface area contributed by atoms with Crippen LogP contribution in [0.1, 0.15) is 120 Å². The Kier molecular flexibility index (Phi) is 10.8. The SMILES string of the molecule is CC(C)(C)C1=CC2C(C=C1)C1C=CC(C(C)(C)C)=CC1C2C1(C)CC(C)(C)C2CC(C34CC5CC(CC(C5)C3)C4)CC21.[CH3-].[CH3-].[Cl][Zr+2][Cl]. The van der Waals surface area contributed by atoms with E-state index in [1.54, 1.807) is 62.5 Å². The van der Waals surface area contributed by atoms with Gasteiger partial charge in [-0.1, -0.05) is 98.8 Å². The monoisotopic (exact) mass is 756 g/mol. The van der Waals surface area contributed by atoms with E-state index in [1.807, 2.05) is 0 Å². The molecule has 0 amide bonds. The number of allylic oxidation sites excluding steroid dienone is 8. The van der Waals surface area contributed by atoms with Crippen LogP contribution in [0, 0.1) is 107 Å². The van der Waals surface area contributed by atoms with E-state index in [1.165, 1.54) is 6.42 Å². The molecule has 0 N–H and O–H groups in total. The van der Waals surface area contributed by atoms with Gasteiger partial charge in [-0.25, -0.2) is 0 Å². The van der Waals surface area contributed by atoms with Crippen LogP contribution in [-0.2, 0) is 20.8 Å². The fourth-order valence-corrected chi connectivity index (χ4v) is 14.4. The fraction of sp³-hybridized carbons (Fsp3) is 0.773. The standard InChI is InChI=1S/C42H62.2CH3.2ClH.Zr/c1-38(2,3)28-10-12-31-32-13-11-29(39(4,5)6)18-34(32)37(33(31)17-28)41(9)24-40(7,8)35-19-30(20-36(35)41)42-21-25-14-26(22-42)16-27(15-25)23-42;;;;;/h10-13,17-18,25-27,30-37H,14-16,19-24H2,1-9H3;2*1H3;2*1H;/q;2*-1;;;+4/p-2. The summed E-state index contributed by atoms with van der Waals surface area (Å²) in [5.41, 5.74) is 5.22. The second kappa shape index (κ2) is 13.1. The summed E-state index contributed by atoms with van der Waals surface area (Å²) < 4.78 is 0. The molecule has 7 fully saturated rings. The van der Waals surface area contributed by atoms with Crippen molar-refractivity contribution in [3.05, 3.63) is 62.5 Å². The average molecular weight is 759 g/mol. The Labute approximate surface area is 310 Å². The van der Waals surface area contributed by atoms with Gasteiger partial charge in [-0.2, -0.15) is 0 Å². The number of hydrogen-bond acceptors (Lipinski definition) is 0. The molecule has 0 saturated heterocycles. The van der Waals surface area contributed by atoms with Gasteiger partial charge in [-0.05, 0) is 161 Å². The van der Waals surface area contributed by atoms with Crippen LogP contribution in [0.15, 0.2) is 47.6 Å². The van der Waals surface area contributed by atoms with Crippen molar-refractivity contribution in [3.8, 4) is 0 Å². The summed E-state index contributed by atoms with van der Waals surface area (Å²) in [5, 5.41) is 0. The Morgan fingerprint density at radius 3 is 1.45 bits per heavy atom. The molecule has 0 aromatic rings. The van der Waals surface area contributed by atoms with E-state index in [4.69, 9.17) is 17.0 Å². The summed E-state index contributed by atoms with van der Waals surface area (Å²) in [7, 11) is 9.87. The van der Waals surface area contributed by atoms with Gasteiger partial charge in [0.1, 0.15) is 0 Å². The maximum atomic E-state index is 4.93. The molecule has 9 aliphatic rings. The summed E-state index contributed by atoms with van der Waals surface area (Å²) in [6.07, 6.45) is 30.2. The van der Waals surface area contributed by atoms with Crippen molar-refractivity contribution in [2.75, 3.05) is 0 Å². The molecule has 0 aromatic heterocycles. The van der Waals surface area contributed by atoms with Crippen molar-refractivity contribution < 1.29 is 20.8 Å². The number of rotatable bonds is 2.